The molecule has 0 bridgehead atoms. The van der Waals surface area contributed by atoms with E-state index < -0.39 is 0 Å². The highest BCUT2D eigenvalue weighted by Crippen LogP contribution is 2.36. The highest BCUT2D eigenvalue weighted by molar-refractivity contribution is 7.11. The average molecular weight is 292 g/mol. The van der Waals surface area contributed by atoms with Crippen LogP contribution in [0.4, 0.5) is 0 Å². The van der Waals surface area contributed by atoms with Crippen molar-refractivity contribution in [3.8, 4) is 0 Å². The zero-order valence-corrected chi connectivity index (χ0v) is 13.6. The molecule has 20 heavy (non-hydrogen) atoms. The third-order valence-corrected chi connectivity index (χ3v) is 6.12. The molecule has 1 N–H and O–H groups in total. The first kappa shape index (κ1) is 14.5. The highest BCUT2D eigenvalue weighted by Gasteiger charge is 2.25. The topological polar surface area (TPSA) is 24.9 Å². The van der Waals surface area contributed by atoms with E-state index in [0.717, 1.165) is 12.5 Å². The normalized spacial score (nSPS) is 21.1. The lowest BCUT2D eigenvalue weighted by atomic mass is 9.85. The van der Waals surface area contributed by atoms with Crippen LogP contribution in [0.5, 0.6) is 0 Å². The minimum absolute atomic E-state index is 0.522. The van der Waals surface area contributed by atoms with Crippen molar-refractivity contribution in [3.63, 3.8) is 0 Å². The summed E-state index contributed by atoms with van der Waals surface area (Å²) >= 11 is 2.00. The van der Waals surface area contributed by atoms with Crippen molar-refractivity contribution in [1.82, 2.24) is 10.3 Å². The molecule has 0 amide bonds. The fourth-order valence-corrected chi connectivity index (χ4v) is 4.95. The summed E-state index contributed by atoms with van der Waals surface area (Å²) in [5, 5.41) is 5.15. The van der Waals surface area contributed by atoms with Crippen LogP contribution in [0, 0.1) is 5.92 Å². The van der Waals surface area contributed by atoms with Crippen LogP contribution in [0.2, 0.25) is 0 Å². The van der Waals surface area contributed by atoms with E-state index in [9.17, 15) is 0 Å². The van der Waals surface area contributed by atoms with E-state index >= 15 is 0 Å². The molecule has 1 aromatic heterocycles. The lowest BCUT2D eigenvalue weighted by Crippen LogP contribution is -2.25. The predicted molar refractivity (Wildman–Crippen MR) is 86.4 cm³/mol. The van der Waals surface area contributed by atoms with Crippen LogP contribution in [0.3, 0.4) is 0 Å². The number of nitrogens with one attached hydrogen (secondary N) is 1. The molecule has 3 rings (SSSR count). The Bertz CT molecular complexity index is 399. The van der Waals surface area contributed by atoms with Gasteiger partial charge in [-0.05, 0) is 44.6 Å². The van der Waals surface area contributed by atoms with Gasteiger partial charge in [-0.15, -0.1) is 11.3 Å². The van der Waals surface area contributed by atoms with Gasteiger partial charge in [0.2, 0.25) is 0 Å². The first-order valence-corrected chi connectivity index (χ1v) is 9.40. The van der Waals surface area contributed by atoms with Crippen molar-refractivity contribution in [3.05, 3.63) is 15.6 Å². The summed E-state index contributed by atoms with van der Waals surface area (Å²) in [6.45, 7) is 3.38. The van der Waals surface area contributed by atoms with Crippen molar-refractivity contribution >= 4 is 11.3 Å². The largest absolute Gasteiger partial charge is 0.308 e. The minimum Gasteiger partial charge on any atom is -0.308 e. The molecular weight excluding hydrogens is 264 g/mol. The molecule has 1 atom stereocenters. The van der Waals surface area contributed by atoms with Gasteiger partial charge in [0, 0.05) is 4.88 Å². The molecule has 1 unspecified atom stereocenters. The number of fused-ring (bicyclic) bond motifs is 1. The van der Waals surface area contributed by atoms with Gasteiger partial charge in [0.1, 0.15) is 5.01 Å². The van der Waals surface area contributed by atoms with E-state index in [1.54, 1.807) is 4.88 Å². The summed E-state index contributed by atoms with van der Waals surface area (Å²) in [5.74, 6) is 0.928. The van der Waals surface area contributed by atoms with E-state index in [2.05, 4.69) is 12.2 Å². The molecule has 0 aliphatic heterocycles. The zero-order valence-electron chi connectivity index (χ0n) is 12.8. The van der Waals surface area contributed by atoms with Gasteiger partial charge in [0.05, 0.1) is 11.7 Å². The molecule has 0 aromatic carbocycles. The standard InChI is InChI=1S/C17H28N2S/c1-2-11-18-15(12-13-7-4-3-5-8-13)17-19-14-9-6-10-16(14)20-17/h13,15,18H,2-12H2,1H3. The van der Waals surface area contributed by atoms with Crippen molar-refractivity contribution in [1.29, 1.82) is 0 Å². The summed E-state index contributed by atoms with van der Waals surface area (Å²) in [7, 11) is 0. The molecule has 0 saturated heterocycles. The average Bonchev–Trinajstić information content (AvgIpc) is 3.05. The monoisotopic (exact) mass is 292 g/mol. The smallest absolute Gasteiger partial charge is 0.110 e. The summed E-state index contributed by atoms with van der Waals surface area (Å²) < 4.78 is 0. The van der Waals surface area contributed by atoms with E-state index in [4.69, 9.17) is 4.98 Å². The Labute approximate surface area is 127 Å². The van der Waals surface area contributed by atoms with Crippen LogP contribution in [-0.4, -0.2) is 11.5 Å². The second kappa shape index (κ2) is 7.04. The number of aryl methyl sites for hydroxylation is 2. The molecule has 0 spiro atoms. The Balaban J connectivity index is 1.67. The van der Waals surface area contributed by atoms with Crippen LogP contribution >= 0.6 is 11.3 Å². The van der Waals surface area contributed by atoms with Gasteiger partial charge < -0.3 is 5.32 Å². The molecule has 2 aliphatic carbocycles. The van der Waals surface area contributed by atoms with Crippen molar-refractivity contribution in [2.75, 3.05) is 6.54 Å². The van der Waals surface area contributed by atoms with Crippen molar-refractivity contribution in [2.45, 2.75) is 77.2 Å². The Morgan fingerprint density at radius 1 is 1.20 bits per heavy atom. The maximum atomic E-state index is 4.97. The molecule has 1 heterocycles. The molecule has 3 heteroatoms. The van der Waals surface area contributed by atoms with Gasteiger partial charge >= 0.3 is 0 Å². The quantitative estimate of drug-likeness (QED) is 0.826. The molecular formula is C17H28N2S. The van der Waals surface area contributed by atoms with Gasteiger partial charge in [-0.25, -0.2) is 4.98 Å². The molecule has 2 nitrogen and oxygen atoms in total. The summed E-state index contributed by atoms with van der Waals surface area (Å²) in [6.07, 6.45) is 13.6. The van der Waals surface area contributed by atoms with Gasteiger partial charge in [0.25, 0.3) is 0 Å². The van der Waals surface area contributed by atoms with Gasteiger partial charge in [-0.1, -0.05) is 39.0 Å². The number of hydrogen-bond donors (Lipinski definition) is 1. The fraction of sp³-hybridized carbons (Fsp3) is 0.824. The Hall–Kier alpha value is -0.410. The SMILES string of the molecule is CCCNC(CC1CCCCC1)c1nc2c(s1)CCC2. The second-order valence-electron chi connectivity index (χ2n) is 6.52. The van der Waals surface area contributed by atoms with Crippen LogP contribution in [0.15, 0.2) is 0 Å². The Morgan fingerprint density at radius 2 is 2.05 bits per heavy atom. The lowest BCUT2D eigenvalue weighted by Gasteiger charge is -2.26. The van der Waals surface area contributed by atoms with Gasteiger partial charge in [-0.2, -0.15) is 0 Å². The lowest BCUT2D eigenvalue weighted by molar-refractivity contribution is 0.299. The minimum atomic E-state index is 0.522. The van der Waals surface area contributed by atoms with E-state index in [-0.39, 0.29) is 0 Å². The van der Waals surface area contributed by atoms with Crippen LogP contribution in [0.25, 0.3) is 0 Å². The highest BCUT2D eigenvalue weighted by atomic mass is 32.1. The summed E-state index contributed by atoms with van der Waals surface area (Å²) in [6, 6.07) is 0.522. The van der Waals surface area contributed by atoms with Crippen LogP contribution < -0.4 is 5.32 Å². The summed E-state index contributed by atoms with van der Waals surface area (Å²) in [4.78, 5) is 6.54. The first-order valence-electron chi connectivity index (χ1n) is 8.58. The maximum absolute atomic E-state index is 4.97. The van der Waals surface area contributed by atoms with Crippen LogP contribution in [-0.2, 0) is 12.8 Å². The van der Waals surface area contributed by atoms with Crippen molar-refractivity contribution in [2.24, 2.45) is 5.92 Å². The molecule has 1 saturated carbocycles. The first-order chi connectivity index (χ1) is 9.86. The van der Waals surface area contributed by atoms with E-state index in [0.29, 0.717) is 6.04 Å². The predicted octanol–water partition coefficient (Wildman–Crippen LogP) is 4.64. The number of thiazole rings is 1. The van der Waals surface area contributed by atoms with Crippen molar-refractivity contribution < 1.29 is 0 Å². The van der Waals surface area contributed by atoms with Gasteiger partial charge in [-0.3, -0.25) is 0 Å². The number of nitrogens with zero attached hydrogens (tertiary/aromatic N) is 1. The molecule has 2 aliphatic rings. The van der Waals surface area contributed by atoms with Gasteiger partial charge in [0.15, 0.2) is 0 Å². The number of rotatable bonds is 6. The Kier molecular flexibility index (Phi) is 5.11. The third kappa shape index (κ3) is 3.43. The Morgan fingerprint density at radius 3 is 2.80 bits per heavy atom. The second-order valence-corrected chi connectivity index (χ2v) is 7.64. The molecule has 112 valence electrons. The summed E-state index contributed by atoms with van der Waals surface area (Å²) in [5.41, 5.74) is 1.41. The fourth-order valence-electron chi connectivity index (χ4n) is 3.71. The molecule has 1 aromatic rings. The number of aromatic nitrogens is 1. The molecule has 1 fully saturated rings. The maximum Gasteiger partial charge on any atom is 0.110 e. The van der Waals surface area contributed by atoms with Crippen LogP contribution in [0.1, 0.15) is 79.9 Å². The zero-order chi connectivity index (χ0) is 13.8. The van der Waals surface area contributed by atoms with E-state index in [1.807, 2.05) is 11.3 Å². The molecule has 0 radical (unpaired) electrons. The third-order valence-electron chi connectivity index (χ3n) is 4.84. The van der Waals surface area contributed by atoms with E-state index in [1.165, 1.54) is 74.9 Å². The number of hydrogen-bond acceptors (Lipinski definition) is 3.